The quantitative estimate of drug-likeness (QED) is 0.808. The van der Waals surface area contributed by atoms with Crippen LogP contribution in [0.25, 0.3) is 0 Å². The third-order valence-electron chi connectivity index (χ3n) is 4.92. The van der Waals surface area contributed by atoms with Crippen molar-refractivity contribution in [2.75, 3.05) is 0 Å². The van der Waals surface area contributed by atoms with Gasteiger partial charge in [0.1, 0.15) is 0 Å². The van der Waals surface area contributed by atoms with E-state index in [1.165, 1.54) is 32.1 Å². The van der Waals surface area contributed by atoms with Gasteiger partial charge in [-0.1, -0.05) is 39.0 Å². The second-order valence-corrected chi connectivity index (χ2v) is 6.25. The Kier molecular flexibility index (Phi) is 4.66. The molecule has 0 aromatic rings. The third-order valence-corrected chi connectivity index (χ3v) is 4.92. The van der Waals surface area contributed by atoms with Crippen LogP contribution in [0.1, 0.15) is 71.1 Å². The Morgan fingerprint density at radius 1 is 1.22 bits per heavy atom. The Bertz CT molecular complexity index is 278. The molecule has 104 valence electrons. The molecule has 3 heteroatoms. The molecule has 0 aromatic carbocycles. The molecule has 0 aromatic heterocycles. The van der Waals surface area contributed by atoms with Crippen LogP contribution in [-0.4, -0.2) is 17.5 Å². The highest BCUT2D eigenvalue weighted by molar-refractivity contribution is 5.86. The summed E-state index contributed by atoms with van der Waals surface area (Å²) in [6.45, 7) is 2.18. The topological polar surface area (TPSA) is 55.1 Å². The number of carbonyl (C=O) groups is 1. The molecule has 0 aliphatic heterocycles. The van der Waals surface area contributed by atoms with Gasteiger partial charge in [0.15, 0.2) is 0 Å². The van der Waals surface area contributed by atoms with Crippen molar-refractivity contribution in [2.45, 2.75) is 82.7 Å². The first kappa shape index (κ1) is 13.9. The fourth-order valence-corrected chi connectivity index (χ4v) is 3.63. The van der Waals surface area contributed by atoms with Crippen molar-refractivity contribution in [3.05, 3.63) is 0 Å². The van der Waals surface area contributed by atoms with Crippen LogP contribution in [0.3, 0.4) is 0 Å². The lowest BCUT2D eigenvalue weighted by Gasteiger charge is -2.33. The maximum absolute atomic E-state index is 12.3. The van der Waals surface area contributed by atoms with Crippen LogP contribution in [0, 0.1) is 5.92 Å². The summed E-state index contributed by atoms with van der Waals surface area (Å²) in [5.74, 6) is 0.787. The molecule has 3 nitrogen and oxygen atoms in total. The minimum absolute atomic E-state index is 0.109. The van der Waals surface area contributed by atoms with E-state index in [1.807, 2.05) is 0 Å². The first-order valence-corrected chi connectivity index (χ1v) is 7.75. The largest absolute Gasteiger partial charge is 0.352 e. The van der Waals surface area contributed by atoms with Crippen molar-refractivity contribution in [1.82, 2.24) is 5.32 Å². The Balaban J connectivity index is 1.90. The molecule has 2 rings (SSSR count). The average molecular weight is 252 g/mol. The van der Waals surface area contributed by atoms with E-state index in [0.29, 0.717) is 12.0 Å². The van der Waals surface area contributed by atoms with Crippen LogP contribution < -0.4 is 11.1 Å². The smallest absolute Gasteiger partial charge is 0.240 e. The van der Waals surface area contributed by atoms with Crippen molar-refractivity contribution in [3.8, 4) is 0 Å². The van der Waals surface area contributed by atoms with Crippen molar-refractivity contribution in [1.29, 1.82) is 0 Å². The Hall–Kier alpha value is -0.570. The summed E-state index contributed by atoms with van der Waals surface area (Å²) < 4.78 is 0. The van der Waals surface area contributed by atoms with Gasteiger partial charge in [-0.2, -0.15) is 0 Å². The van der Waals surface area contributed by atoms with E-state index >= 15 is 0 Å². The minimum Gasteiger partial charge on any atom is -0.352 e. The zero-order valence-corrected chi connectivity index (χ0v) is 11.7. The summed E-state index contributed by atoms with van der Waals surface area (Å²) in [5.41, 5.74) is 5.66. The molecule has 18 heavy (non-hydrogen) atoms. The number of carbonyl (C=O) groups excluding carboxylic acids is 1. The van der Waals surface area contributed by atoms with Gasteiger partial charge in [0.05, 0.1) is 5.54 Å². The summed E-state index contributed by atoms with van der Waals surface area (Å²) in [6, 6.07) is 0.346. The first-order valence-electron chi connectivity index (χ1n) is 7.75. The molecule has 3 N–H and O–H groups in total. The number of hydrogen-bond acceptors (Lipinski definition) is 2. The lowest BCUT2D eigenvalue weighted by Crippen LogP contribution is -2.55. The van der Waals surface area contributed by atoms with E-state index in [4.69, 9.17) is 5.73 Å². The lowest BCUT2D eigenvalue weighted by atomic mass is 9.82. The molecule has 0 radical (unpaired) electrons. The van der Waals surface area contributed by atoms with E-state index in [0.717, 1.165) is 32.1 Å². The second-order valence-electron chi connectivity index (χ2n) is 6.25. The molecular formula is C15H28N2O. The van der Waals surface area contributed by atoms with E-state index < -0.39 is 5.54 Å². The molecule has 0 saturated heterocycles. The summed E-state index contributed by atoms with van der Waals surface area (Å²) in [4.78, 5) is 12.3. The molecule has 2 fully saturated rings. The molecule has 0 bridgehead atoms. The highest BCUT2D eigenvalue weighted by Gasteiger charge is 2.38. The predicted octanol–water partition coefficient (Wildman–Crippen LogP) is 2.73. The standard InChI is InChI=1S/C15H28N2O/c1-2-13(12-8-4-3-5-9-12)17-14(18)15(16)10-6-7-11-15/h12-13H,2-11,16H2,1H3,(H,17,18). The van der Waals surface area contributed by atoms with Crippen LogP contribution in [-0.2, 0) is 4.79 Å². The van der Waals surface area contributed by atoms with Crippen LogP contribution >= 0.6 is 0 Å². The molecule has 1 unspecified atom stereocenters. The van der Waals surface area contributed by atoms with Crippen LogP contribution in [0.15, 0.2) is 0 Å². The molecule has 0 spiro atoms. The lowest BCUT2D eigenvalue weighted by molar-refractivity contribution is -0.127. The van der Waals surface area contributed by atoms with Crippen LogP contribution in [0.4, 0.5) is 0 Å². The van der Waals surface area contributed by atoms with E-state index in [9.17, 15) is 4.79 Å². The number of nitrogens with two attached hydrogens (primary N) is 1. The maximum Gasteiger partial charge on any atom is 0.240 e. The van der Waals surface area contributed by atoms with Crippen molar-refractivity contribution in [3.63, 3.8) is 0 Å². The predicted molar refractivity (Wildman–Crippen MR) is 74.2 cm³/mol. The fraction of sp³-hybridized carbons (Fsp3) is 0.933. The van der Waals surface area contributed by atoms with Crippen molar-refractivity contribution < 1.29 is 4.79 Å². The van der Waals surface area contributed by atoms with E-state index in [1.54, 1.807) is 0 Å². The molecule has 0 heterocycles. The van der Waals surface area contributed by atoms with Gasteiger partial charge in [-0.15, -0.1) is 0 Å². The number of amides is 1. The SMILES string of the molecule is CCC(NC(=O)C1(N)CCCC1)C1CCCCC1. The molecule has 2 saturated carbocycles. The van der Waals surface area contributed by atoms with Gasteiger partial charge in [-0.3, -0.25) is 4.79 Å². The van der Waals surface area contributed by atoms with Gasteiger partial charge >= 0.3 is 0 Å². The summed E-state index contributed by atoms with van der Waals surface area (Å²) in [6.07, 6.45) is 11.5. The summed E-state index contributed by atoms with van der Waals surface area (Å²) >= 11 is 0. The minimum atomic E-state index is -0.567. The zero-order valence-electron chi connectivity index (χ0n) is 11.7. The monoisotopic (exact) mass is 252 g/mol. The van der Waals surface area contributed by atoms with E-state index in [2.05, 4.69) is 12.2 Å². The van der Waals surface area contributed by atoms with E-state index in [-0.39, 0.29) is 5.91 Å². The van der Waals surface area contributed by atoms with Gasteiger partial charge in [-0.25, -0.2) is 0 Å². The van der Waals surface area contributed by atoms with Crippen molar-refractivity contribution in [2.24, 2.45) is 11.7 Å². The number of hydrogen-bond donors (Lipinski definition) is 2. The molecule has 1 amide bonds. The normalized spacial score (nSPS) is 25.9. The molecule has 1 atom stereocenters. The Morgan fingerprint density at radius 3 is 2.39 bits per heavy atom. The highest BCUT2D eigenvalue weighted by atomic mass is 16.2. The van der Waals surface area contributed by atoms with Gasteiger partial charge in [0.25, 0.3) is 0 Å². The van der Waals surface area contributed by atoms with Gasteiger partial charge in [0.2, 0.25) is 5.91 Å². The average Bonchev–Trinajstić information content (AvgIpc) is 2.85. The zero-order chi connectivity index (χ0) is 13.0. The summed E-state index contributed by atoms with van der Waals surface area (Å²) in [5, 5.41) is 3.25. The molecule has 2 aliphatic carbocycles. The molecule has 2 aliphatic rings. The Morgan fingerprint density at radius 2 is 1.83 bits per heavy atom. The Labute approximate surface area is 111 Å². The third kappa shape index (κ3) is 3.05. The second kappa shape index (κ2) is 6.05. The highest BCUT2D eigenvalue weighted by Crippen LogP contribution is 2.30. The van der Waals surface area contributed by atoms with Crippen molar-refractivity contribution >= 4 is 5.91 Å². The van der Waals surface area contributed by atoms with Crippen LogP contribution in [0.5, 0.6) is 0 Å². The van der Waals surface area contributed by atoms with Gasteiger partial charge < -0.3 is 11.1 Å². The molecular weight excluding hydrogens is 224 g/mol. The fourth-order valence-electron chi connectivity index (χ4n) is 3.63. The van der Waals surface area contributed by atoms with Gasteiger partial charge in [-0.05, 0) is 38.0 Å². The summed E-state index contributed by atoms with van der Waals surface area (Å²) in [7, 11) is 0. The van der Waals surface area contributed by atoms with Gasteiger partial charge in [0, 0.05) is 6.04 Å². The van der Waals surface area contributed by atoms with Crippen LogP contribution in [0.2, 0.25) is 0 Å². The maximum atomic E-state index is 12.3. The number of nitrogens with one attached hydrogen (secondary N) is 1. The number of rotatable bonds is 4. The first-order chi connectivity index (χ1) is 8.65.